The second-order valence-electron chi connectivity index (χ2n) is 6.83. The normalized spacial score (nSPS) is 17.5. The number of benzene rings is 2. The van der Waals surface area contributed by atoms with E-state index in [1.807, 2.05) is 48.5 Å². The van der Waals surface area contributed by atoms with E-state index in [-0.39, 0.29) is 18.6 Å². The number of para-hydroxylation sites is 1. The van der Waals surface area contributed by atoms with Gasteiger partial charge in [-0.3, -0.25) is 9.69 Å². The highest BCUT2D eigenvalue weighted by molar-refractivity contribution is 6.30. The van der Waals surface area contributed by atoms with Crippen molar-refractivity contribution in [1.82, 2.24) is 9.80 Å². The van der Waals surface area contributed by atoms with Crippen molar-refractivity contribution < 1.29 is 14.3 Å². The highest BCUT2D eigenvalue weighted by atomic mass is 35.5. The zero-order chi connectivity index (χ0) is 19.2. The van der Waals surface area contributed by atoms with Crippen molar-refractivity contribution >= 4 is 17.5 Å². The molecule has 1 amide bonds. The number of halogens is 1. The van der Waals surface area contributed by atoms with Crippen LogP contribution in [-0.2, 0) is 16.1 Å². The number of rotatable bonds is 6. The van der Waals surface area contributed by atoms with Crippen molar-refractivity contribution in [3.63, 3.8) is 0 Å². The molecule has 0 saturated carbocycles. The fraction of sp³-hybridized carbons (Fsp3) is 0.381. The van der Waals surface area contributed by atoms with E-state index in [9.17, 15) is 4.79 Å². The Hall–Kier alpha value is -2.08. The highest BCUT2D eigenvalue weighted by Gasteiger charge is 2.23. The summed E-state index contributed by atoms with van der Waals surface area (Å²) in [5.74, 6) is 0.696. The Bertz CT molecular complexity index is 764. The van der Waals surface area contributed by atoms with E-state index in [1.165, 1.54) is 4.90 Å². The van der Waals surface area contributed by atoms with Gasteiger partial charge in [0.25, 0.3) is 5.91 Å². The topological polar surface area (TPSA) is 42.0 Å². The van der Waals surface area contributed by atoms with Gasteiger partial charge in [-0.2, -0.15) is 0 Å². The van der Waals surface area contributed by atoms with Gasteiger partial charge in [-0.25, -0.2) is 0 Å². The van der Waals surface area contributed by atoms with Gasteiger partial charge in [0.05, 0.1) is 12.7 Å². The van der Waals surface area contributed by atoms with Crippen LogP contribution in [0.1, 0.15) is 17.2 Å². The average Bonchev–Trinajstić information content (AvgIpc) is 2.68. The zero-order valence-electron chi connectivity index (χ0n) is 15.7. The summed E-state index contributed by atoms with van der Waals surface area (Å²) in [7, 11) is 3.45. The first-order valence-electron chi connectivity index (χ1n) is 9.03. The van der Waals surface area contributed by atoms with Crippen LogP contribution in [0.3, 0.4) is 0 Å². The molecule has 1 heterocycles. The third-order valence-electron chi connectivity index (χ3n) is 4.61. The predicted octanol–water partition coefficient (Wildman–Crippen LogP) is 3.38. The summed E-state index contributed by atoms with van der Waals surface area (Å²) >= 11 is 5.98. The zero-order valence-corrected chi connectivity index (χ0v) is 16.5. The largest absolute Gasteiger partial charge is 0.483 e. The Morgan fingerprint density at radius 3 is 2.70 bits per heavy atom. The highest BCUT2D eigenvalue weighted by Crippen LogP contribution is 2.26. The van der Waals surface area contributed by atoms with E-state index in [2.05, 4.69) is 4.90 Å². The van der Waals surface area contributed by atoms with E-state index >= 15 is 0 Å². The van der Waals surface area contributed by atoms with Crippen LogP contribution in [0.15, 0.2) is 48.5 Å². The first-order chi connectivity index (χ1) is 13.0. The molecule has 0 aliphatic carbocycles. The summed E-state index contributed by atoms with van der Waals surface area (Å²) in [6.07, 6.45) is 0.0272. The van der Waals surface area contributed by atoms with E-state index in [4.69, 9.17) is 21.1 Å². The molecule has 1 atom stereocenters. The second kappa shape index (κ2) is 9.22. The minimum Gasteiger partial charge on any atom is -0.483 e. The van der Waals surface area contributed by atoms with Crippen molar-refractivity contribution in [3.8, 4) is 5.75 Å². The Labute approximate surface area is 165 Å². The van der Waals surface area contributed by atoms with E-state index in [0.717, 1.165) is 41.5 Å². The first-order valence-corrected chi connectivity index (χ1v) is 9.41. The van der Waals surface area contributed by atoms with Crippen LogP contribution in [0.5, 0.6) is 5.75 Å². The number of hydrogen-bond donors (Lipinski definition) is 0. The lowest BCUT2D eigenvalue weighted by Gasteiger charge is -2.33. The Kier molecular flexibility index (Phi) is 6.72. The molecule has 1 saturated heterocycles. The summed E-state index contributed by atoms with van der Waals surface area (Å²) in [5, 5.41) is 0.727. The Balaban J connectivity index is 1.64. The molecule has 0 aromatic heterocycles. The van der Waals surface area contributed by atoms with Gasteiger partial charge in [0.2, 0.25) is 0 Å². The molecule has 0 bridgehead atoms. The quantitative estimate of drug-likeness (QED) is 0.760. The number of amides is 1. The van der Waals surface area contributed by atoms with E-state index in [0.29, 0.717) is 6.61 Å². The van der Waals surface area contributed by atoms with Gasteiger partial charge in [0.15, 0.2) is 6.61 Å². The standard InChI is InChI=1S/C21H25ClN2O3/c1-23(2)21(25)15-27-19-6-4-3-5-17(19)13-24-11-12-26-20(14-24)16-7-9-18(22)10-8-16/h3-10,20H,11-15H2,1-2H3. The molecule has 2 aromatic carbocycles. The monoisotopic (exact) mass is 388 g/mol. The van der Waals surface area contributed by atoms with Crippen LogP contribution in [0, 0.1) is 0 Å². The lowest BCUT2D eigenvalue weighted by atomic mass is 10.1. The lowest BCUT2D eigenvalue weighted by Crippen LogP contribution is -2.38. The van der Waals surface area contributed by atoms with Crippen molar-refractivity contribution in [1.29, 1.82) is 0 Å². The molecule has 6 heteroatoms. The molecule has 1 unspecified atom stereocenters. The SMILES string of the molecule is CN(C)C(=O)COc1ccccc1CN1CCOC(c2ccc(Cl)cc2)C1. The summed E-state index contributed by atoms with van der Waals surface area (Å²) in [6, 6.07) is 15.7. The van der Waals surface area contributed by atoms with E-state index < -0.39 is 0 Å². The molecule has 0 N–H and O–H groups in total. The molecule has 5 nitrogen and oxygen atoms in total. The second-order valence-corrected chi connectivity index (χ2v) is 7.27. The third kappa shape index (κ3) is 5.45. The minimum absolute atomic E-state index is 0.0272. The average molecular weight is 389 g/mol. The molecular weight excluding hydrogens is 364 g/mol. The van der Waals surface area contributed by atoms with Crippen molar-refractivity contribution in [3.05, 3.63) is 64.7 Å². The maximum Gasteiger partial charge on any atom is 0.259 e. The van der Waals surface area contributed by atoms with Gasteiger partial charge in [0.1, 0.15) is 5.75 Å². The molecule has 1 aliphatic heterocycles. The fourth-order valence-electron chi connectivity index (χ4n) is 3.01. The van der Waals surface area contributed by atoms with Crippen LogP contribution >= 0.6 is 11.6 Å². The lowest BCUT2D eigenvalue weighted by molar-refractivity contribution is -0.130. The minimum atomic E-state index is -0.0565. The third-order valence-corrected chi connectivity index (χ3v) is 4.86. The smallest absolute Gasteiger partial charge is 0.259 e. The molecule has 2 aromatic rings. The maximum absolute atomic E-state index is 11.8. The molecule has 27 heavy (non-hydrogen) atoms. The van der Waals surface area contributed by atoms with E-state index in [1.54, 1.807) is 14.1 Å². The predicted molar refractivity (Wildman–Crippen MR) is 106 cm³/mol. The number of hydrogen-bond acceptors (Lipinski definition) is 4. The summed E-state index contributed by atoms with van der Waals surface area (Å²) < 4.78 is 11.7. The maximum atomic E-state index is 11.8. The van der Waals surface area contributed by atoms with Gasteiger partial charge in [-0.15, -0.1) is 0 Å². The molecule has 1 aliphatic rings. The van der Waals surface area contributed by atoms with Gasteiger partial charge in [0, 0.05) is 44.3 Å². The number of carbonyl (C=O) groups excluding carboxylic acids is 1. The number of nitrogens with zero attached hydrogens (tertiary/aromatic N) is 2. The van der Waals surface area contributed by atoms with Crippen LogP contribution in [0.25, 0.3) is 0 Å². The molecule has 0 spiro atoms. The number of ether oxygens (including phenoxy) is 2. The molecular formula is C21H25ClN2O3. The van der Waals surface area contributed by atoms with Gasteiger partial charge >= 0.3 is 0 Å². The van der Waals surface area contributed by atoms with Gasteiger partial charge < -0.3 is 14.4 Å². The Morgan fingerprint density at radius 2 is 1.96 bits per heavy atom. The number of carbonyl (C=O) groups is 1. The van der Waals surface area contributed by atoms with Gasteiger partial charge in [-0.1, -0.05) is 41.9 Å². The van der Waals surface area contributed by atoms with Crippen LogP contribution in [0.4, 0.5) is 0 Å². The van der Waals surface area contributed by atoms with Crippen molar-refractivity contribution in [2.45, 2.75) is 12.6 Å². The van der Waals surface area contributed by atoms with Crippen molar-refractivity contribution in [2.75, 3.05) is 40.4 Å². The van der Waals surface area contributed by atoms with Crippen LogP contribution in [-0.4, -0.2) is 56.1 Å². The summed E-state index contributed by atoms with van der Waals surface area (Å²) in [5.41, 5.74) is 2.20. The molecule has 0 radical (unpaired) electrons. The molecule has 144 valence electrons. The van der Waals surface area contributed by atoms with Gasteiger partial charge in [-0.05, 0) is 23.8 Å². The van der Waals surface area contributed by atoms with Crippen molar-refractivity contribution in [2.24, 2.45) is 0 Å². The number of likely N-dealkylation sites (N-methyl/N-ethyl adjacent to an activating group) is 1. The number of morpholine rings is 1. The molecule has 3 rings (SSSR count). The molecule has 1 fully saturated rings. The fourth-order valence-corrected chi connectivity index (χ4v) is 3.14. The van der Waals surface area contributed by atoms with Crippen LogP contribution in [0.2, 0.25) is 5.02 Å². The van der Waals surface area contributed by atoms with Crippen LogP contribution < -0.4 is 4.74 Å². The summed E-state index contributed by atoms with van der Waals surface area (Å²) in [4.78, 5) is 15.7. The Morgan fingerprint density at radius 1 is 1.22 bits per heavy atom. The first kappa shape index (κ1) is 19.7. The summed E-state index contributed by atoms with van der Waals surface area (Å²) in [6.45, 7) is 3.12.